The molecule has 0 saturated carbocycles. The van der Waals surface area contributed by atoms with E-state index in [1.54, 1.807) is 30.7 Å². The first-order chi connectivity index (χ1) is 16.6. The van der Waals surface area contributed by atoms with Gasteiger partial charge < -0.3 is 21.1 Å². The number of allylic oxidation sites excluding steroid dienone is 1. The Morgan fingerprint density at radius 1 is 1.12 bits per heavy atom. The first kappa shape index (κ1) is 23.6. The van der Waals surface area contributed by atoms with E-state index in [2.05, 4.69) is 37.2 Å². The van der Waals surface area contributed by atoms with Gasteiger partial charge in [0, 0.05) is 30.7 Å². The molecule has 0 unspecified atom stereocenters. The summed E-state index contributed by atoms with van der Waals surface area (Å²) in [4.78, 5) is 19.2. The van der Waals surface area contributed by atoms with Crippen molar-refractivity contribution < 1.29 is 5.11 Å². The minimum atomic E-state index is 0.0633. The number of likely N-dealkylation sites (tertiary alicyclic amines) is 1. The Balaban J connectivity index is 0.000000336. The number of benzene rings is 2. The maximum absolute atomic E-state index is 10.6. The van der Waals surface area contributed by atoms with Crippen LogP contribution in [-0.4, -0.2) is 58.4 Å². The highest BCUT2D eigenvalue weighted by Crippen LogP contribution is 2.34. The van der Waals surface area contributed by atoms with Crippen molar-refractivity contribution in [3.63, 3.8) is 0 Å². The fourth-order valence-electron chi connectivity index (χ4n) is 3.91. The zero-order valence-electron chi connectivity index (χ0n) is 19.4. The molecule has 0 aliphatic carbocycles. The topological polar surface area (TPSA) is 113 Å². The van der Waals surface area contributed by atoms with Gasteiger partial charge in [0.15, 0.2) is 0 Å². The summed E-state index contributed by atoms with van der Waals surface area (Å²) in [5.74, 6) is 0.587. The molecule has 4 N–H and O–H groups in total. The van der Waals surface area contributed by atoms with Gasteiger partial charge in [-0.05, 0) is 68.9 Å². The SMILES string of the molecule is CN1CCCCC1.CN=C/C(=C\N)c1cc(O)c2c(Nc3ccc4ncsc4c3)ncnc2c1. The summed E-state index contributed by atoms with van der Waals surface area (Å²) in [5.41, 5.74) is 11.3. The Hall–Kier alpha value is -3.56. The van der Waals surface area contributed by atoms with Gasteiger partial charge >= 0.3 is 0 Å². The van der Waals surface area contributed by atoms with E-state index in [-0.39, 0.29) is 5.75 Å². The Morgan fingerprint density at radius 3 is 2.65 bits per heavy atom. The fourth-order valence-corrected chi connectivity index (χ4v) is 4.62. The molecule has 0 amide bonds. The maximum atomic E-state index is 10.6. The van der Waals surface area contributed by atoms with Crippen LogP contribution in [0.15, 0.2) is 53.4 Å². The van der Waals surface area contributed by atoms with Crippen LogP contribution in [-0.2, 0) is 0 Å². The molecule has 1 aliphatic rings. The number of thiazole rings is 1. The number of nitrogens with two attached hydrogens (primary N) is 1. The first-order valence-corrected chi connectivity index (χ1v) is 12.1. The second kappa shape index (κ2) is 11.0. The van der Waals surface area contributed by atoms with Crippen LogP contribution < -0.4 is 11.1 Å². The highest BCUT2D eigenvalue weighted by Gasteiger charge is 2.13. The third kappa shape index (κ3) is 5.49. The van der Waals surface area contributed by atoms with Crippen LogP contribution >= 0.6 is 11.3 Å². The molecule has 2 aromatic carbocycles. The third-order valence-electron chi connectivity index (χ3n) is 5.67. The number of phenols is 1. The Labute approximate surface area is 202 Å². The molecule has 1 saturated heterocycles. The van der Waals surface area contributed by atoms with E-state index < -0.39 is 0 Å². The van der Waals surface area contributed by atoms with Crippen LogP contribution in [0.2, 0.25) is 0 Å². The number of hydrogen-bond donors (Lipinski definition) is 3. The molecule has 34 heavy (non-hydrogen) atoms. The van der Waals surface area contributed by atoms with Gasteiger partial charge in [0.05, 0.1) is 26.6 Å². The lowest BCUT2D eigenvalue weighted by atomic mass is 10.0. The van der Waals surface area contributed by atoms with Gasteiger partial charge in [0.1, 0.15) is 17.9 Å². The molecule has 176 valence electrons. The average molecular weight is 476 g/mol. The molecule has 0 radical (unpaired) electrons. The zero-order valence-corrected chi connectivity index (χ0v) is 20.2. The molecule has 0 bridgehead atoms. The lowest BCUT2D eigenvalue weighted by molar-refractivity contribution is 0.277. The summed E-state index contributed by atoms with van der Waals surface area (Å²) in [6.45, 7) is 2.64. The van der Waals surface area contributed by atoms with Crippen LogP contribution in [0.3, 0.4) is 0 Å². The molecule has 5 rings (SSSR count). The molecular weight excluding hydrogens is 446 g/mol. The van der Waals surface area contributed by atoms with Crippen LogP contribution in [0.1, 0.15) is 24.8 Å². The average Bonchev–Trinajstić information content (AvgIpc) is 3.31. The van der Waals surface area contributed by atoms with Crippen molar-refractivity contribution >= 4 is 55.7 Å². The predicted octanol–water partition coefficient (Wildman–Crippen LogP) is 4.79. The molecular formula is C25H29N7OS. The van der Waals surface area contributed by atoms with Crippen molar-refractivity contribution in [3.05, 3.63) is 53.9 Å². The van der Waals surface area contributed by atoms with Gasteiger partial charge in [-0.15, -0.1) is 11.3 Å². The number of aromatic hydroxyl groups is 1. The maximum Gasteiger partial charge on any atom is 0.145 e. The number of aliphatic imine (C=N–C) groups is 1. The van der Waals surface area contributed by atoms with E-state index in [9.17, 15) is 5.11 Å². The van der Waals surface area contributed by atoms with E-state index in [1.807, 2.05) is 29.8 Å². The minimum Gasteiger partial charge on any atom is -0.507 e. The number of piperidine rings is 1. The number of nitrogens with one attached hydrogen (secondary N) is 1. The minimum absolute atomic E-state index is 0.0633. The second-order valence-electron chi connectivity index (χ2n) is 8.14. The zero-order chi connectivity index (χ0) is 23.9. The summed E-state index contributed by atoms with van der Waals surface area (Å²) < 4.78 is 1.07. The largest absolute Gasteiger partial charge is 0.507 e. The summed E-state index contributed by atoms with van der Waals surface area (Å²) in [6.07, 6.45) is 8.81. The smallest absolute Gasteiger partial charge is 0.145 e. The quantitative estimate of drug-likeness (QED) is 0.364. The molecule has 0 spiro atoms. The number of aromatic nitrogens is 3. The second-order valence-corrected chi connectivity index (χ2v) is 9.03. The number of hydrogen-bond acceptors (Lipinski definition) is 9. The van der Waals surface area contributed by atoms with E-state index in [4.69, 9.17) is 5.73 Å². The van der Waals surface area contributed by atoms with Crippen molar-refractivity contribution in [1.82, 2.24) is 19.9 Å². The monoisotopic (exact) mass is 475 g/mol. The van der Waals surface area contributed by atoms with Gasteiger partial charge in [-0.25, -0.2) is 15.0 Å². The number of phenolic OH excluding ortho intramolecular Hbond substituents is 1. The van der Waals surface area contributed by atoms with Crippen molar-refractivity contribution in [2.24, 2.45) is 10.7 Å². The Morgan fingerprint density at radius 2 is 1.94 bits per heavy atom. The number of nitrogens with zero attached hydrogens (tertiary/aromatic N) is 5. The summed E-state index contributed by atoms with van der Waals surface area (Å²) in [5, 5.41) is 14.4. The van der Waals surface area contributed by atoms with E-state index in [0.717, 1.165) is 21.5 Å². The van der Waals surface area contributed by atoms with E-state index in [0.29, 0.717) is 22.3 Å². The number of rotatable bonds is 4. The first-order valence-electron chi connectivity index (χ1n) is 11.2. The van der Waals surface area contributed by atoms with Crippen molar-refractivity contribution in [1.29, 1.82) is 0 Å². The standard InChI is InChI=1S/C19H16N6OS.C6H13N/c1-21-8-12(7-20)11-4-15-18(16(26)5-11)19(23-9-22-15)25-13-2-3-14-17(6-13)27-10-24-14;1-7-5-3-2-4-6-7/h2-10,26H,20H2,1H3,(H,22,23,25);2-6H2,1H3/b12-7+,21-8?;. The molecule has 9 heteroatoms. The number of anilines is 2. The fraction of sp³-hybridized carbons (Fsp3) is 0.280. The molecule has 3 heterocycles. The number of fused-ring (bicyclic) bond motifs is 2. The van der Waals surface area contributed by atoms with Gasteiger partial charge in [-0.3, -0.25) is 4.99 Å². The van der Waals surface area contributed by atoms with Crippen molar-refractivity contribution in [2.75, 3.05) is 32.5 Å². The molecule has 1 fully saturated rings. The van der Waals surface area contributed by atoms with Gasteiger partial charge in [0.2, 0.25) is 0 Å². The molecule has 8 nitrogen and oxygen atoms in total. The van der Waals surface area contributed by atoms with E-state index >= 15 is 0 Å². The lowest BCUT2D eigenvalue weighted by Gasteiger charge is -2.20. The highest BCUT2D eigenvalue weighted by molar-refractivity contribution is 7.16. The summed E-state index contributed by atoms with van der Waals surface area (Å²) >= 11 is 1.57. The van der Waals surface area contributed by atoms with Gasteiger partial charge in [0.25, 0.3) is 0 Å². The van der Waals surface area contributed by atoms with Crippen molar-refractivity contribution in [3.8, 4) is 5.75 Å². The Kier molecular flexibility index (Phi) is 7.66. The van der Waals surface area contributed by atoms with Crippen LogP contribution in [0.4, 0.5) is 11.5 Å². The van der Waals surface area contributed by atoms with E-state index in [1.165, 1.54) is 44.9 Å². The predicted molar refractivity (Wildman–Crippen MR) is 142 cm³/mol. The van der Waals surface area contributed by atoms with Gasteiger partial charge in [-0.1, -0.05) is 6.42 Å². The van der Waals surface area contributed by atoms with Crippen molar-refractivity contribution in [2.45, 2.75) is 19.3 Å². The van der Waals surface area contributed by atoms with Crippen LogP contribution in [0.5, 0.6) is 5.75 Å². The molecule has 2 aromatic heterocycles. The van der Waals surface area contributed by atoms with Gasteiger partial charge in [-0.2, -0.15) is 0 Å². The Bertz CT molecular complexity index is 1330. The molecule has 1 aliphatic heterocycles. The van der Waals surface area contributed by atoms with Crippen LogP contribution in [0, 0.1) is 0 Å². The lowest BCUT2D eigenvalue weighted by Crippen LogP contribution is -2.24. The molecule has 4 aromatic rings. The van der Waals surface area contributed by atoms with Crippen LogP contribution in [0.25, 0.3) is 26.7 Å². The highest BCUT2D eigenvalue weighted by atomic mass is 32.1. The summed E-state index contributed by atoms with van der Waals surface area (Å²) in [6, 6.07) is 9.34. The normalized spacial score (nSPS) is 14.9. The molecule has 0 atom stereocenters. The third-order valence-corrected chi connectivity index (χ3v) is 6.46. The summed E-state index contributed by atoms with van der Waals surface area (Å²) in [7, 11) is 3.85.